The van der Waals surface area contributed by atoms with Gasteiger partial charge in [-0.25, -0.2) is 0 Å². The van der Waals surface area contributed by atoms with Crippen LogP contribution in [0.1, 0.15) is 25.0 Å². The van der Waals surface area contributed by atoms with E-state index >= 15 is 0 Å². The van der Waals surface area contributed by atoms with Crippen LogP contribution in [0, 0.1) is 0 Å². The Labute approximate surface area is 340 Å². The topological polar surface area (TPSA) is 175 Å². The Morgan fingerprint density at radius 1 is 0.367 bits per heavy atom. The van der Waals surface area contributed by atoms with Gasteiger partial charge in [0.05, 0.1) is 0 Å². The maximum absolute atomic E-state index is 11.9. The first-order valence-corrected chi connectivity index (χ1v) is 19.3. The molecule has 0 radical (unpaired) electrons. The molecule has 11 rings (SSSR count). The number of hydrogen-bond acceptors (Lipinski definition) is 9. The molecule has 8 N–H and O–H groups in total. The average molecular weight is 791 g/mol. The van der Waals surface area contributed by atoms with Crippen LogP contribution in [-0.4, -0.2) is 40.9 Å². The molecule has 292 valence electrons. The third-order valence-corrected chi connectivity index (χ3v) is 12.5. The van der Waals surface area contributed by atoms with Gasteiger partial charge in [0.2, 0.25) is 23.0 Å². The molecule has 0 fully saturated rings. The quantitative estimate of drug-likeness (QED) is 0.0492. The molecule has 0 unspecified atom stereocenters. The van der Waals surface area contributed by atoms with Crippen molar-refractivity contribution >= 4 is 54.3 Å². The van der Waals surface area contributed by atoms with Gasteiger partial charge in [-0.15, -0.1) is 0 Å². The van der Waals surface area contributed by atoms with E-state index in [-0.39, 0.29) is 38.1 Å². The molecule has 0 aliphatic heterocycles. The number of furan rings is 1. The minimum atomic E-state index is -1.03. The first-order valence-electron chi connectivity index (χ1n) is 19.3. The van der Waals surface area contributed by atoms with Gasteiger partial charge >= 0.3 is 0 Å². The fraction of sp³-hybridized carbons (Fsp3) is 0.0588. The van der Waals surface area contributed by atoms with E-state index in [2.05, 4.69) is 32.0 Å². The van der Waals surface area contributed by atoms with Crippen LogP contribution in [0.15, 0.2) is 126 Å². The van der Waals surface area contributed by atoms with Gasteiger partial charge in [-0.2, -0.15) is 0 Å². The number of fused-ring (bicyclic) bond motifs is 10. The second-order valence-electron chi connectivity index (χ2n) is 16.0. The van der Waals surface area contributed by atoms with Crippen molar-refractivity contribution in [3.05, 3.63) is 132 Å². The van der Waals surface area contributed by atoms with Crippen LogP contribution >= 0.6 is 0 Å². The Morgan fingerprint density at radius 3 is 1.55 bits per heavy atom. The maximum atomic E-state index is 11.9. The monoisotopic (exact) mass is 790 g/mol. The van der Waals surface area contributed by atoms with E-state index in [0.717, 1.165) is 44.0 Å². The lowest BCUT2D eigenvalue weighted by Gasteiger charge is -2.23. The lowest BCUT2D eigenvalue weighted by molar-refractivity contribution is 0.350. The van der Waals surface area contributed by atoms with Gasteiger partial charge in [0.25, 0.3) is 0 Å². The predicted octanol–water partition coefficient (Wildman–Crippen LogP) is 12.0. The number of phenols is 8. The van der Waals surface area contributed by atoms with Crippen LogP contribution in [0.4, 0.5) is 0 Å². The summed E-state index contributed by atoms with van der Waals surface area (Å²) < 4.78 is 6.24. The summed E-state index contributed by atoms with van der Waals surface area (Å²) in [5.41, 5.74) is 7.48. The highest BCUT2D eigenvalue weighted by atomic mass is 16.4. The van der Waals surface area contributed by atoms with Crippen molar-refractivity contribution < 1.29 is 45.3 Å². The molecule has 0 saturated heterocycles. The molecule has 9 aromatic carbocycles. The van der Waals surface area contributed by atoms with Gasteiger partial charge in [0.1, 0.15) is 11.2 Å². The van der Waals surface area contributed by atoms with Crippen LogP contribution in [0.2, 0.25) is 0 Å². The summed E-state index contributed by atoms with van der Waals surface area (Å²) in [5, 5.41) is 94.6. The van der Waals surface area contributed by atoms with Gasteiger partial charge in [-0.3, -0.25) is 0 Å². The Hall–Kier alpha value is -8.04. The second-order valence-corrected chi connectivity index (χ2v) is 16.0. The molecule has 1 aliphatic carbocycles. The molecule has 0 spiro atoms. The lowest BCUT2D eigenvalue weighted by Crippen LogP contribution is -2.14. The first-order chi connectivity index (χ1) is 28.9. The largest absolute Gasteiger partial charge is 0.504 e. The van der Waals surface area contributed by atoms with Gasteiger partial charge in [-0.05, 0) is 79.5 Å². The zero-order valence-electron chi connectivity index (χ0n) is 32.0. The van der Waals surface area contributed by atoms with Crippen LogP contribution < -0.4 is 0 Å². The Morgan fingerprint density at radius 2 is 0.883 bits per heavy atom. The SMILES string of the molecule is CC1(C)c2ccccc2-c2c(-c3cccc(-c4c5c(O)c(O)c(O)c(O)c5c(-c5ccc6oc7ccc8ccccc8c7c6c5)c5c(O)c(O)c(O)c(O)c45)c3)cccc21. The molecular weight excluding hydrogens is 757 g/mol. The second kappa shape index (κ2) is 12.0. The molecule has 60 heavy (non-hydrogen) atoms. The van der Waals surface area contributed by atoms with Crippen LogP contribution in [0.25, 0.3) is 98.8 Å². The number of aromatic hydroxyl groups is 8. The summed E-state index contributed by atoms with van der Waals surface area (Å²) in [6.45, 7) is 4.36. The summed E-state index contributed by atoms with van der Waals surface area (Å²) in [6, 6.07) is 38.2. The van der Waals surface area contributed by atoms with E-state index in [1.165, 1.54) is 5.56 Å². The fourth-order valence-electron chi connectivity index (χ4n) is 9.74. The van der Waals surface area contributed by atoms with Gasteiger partial charge in [0, 0.05) is 48.9 Å². The molecule has 1 aliphatic rings. The summed E-state index contributed by atoms with van der Waals surface area (Å²) in [5.74, 6) is -7.50. The summed E-state index contributed by atoms with van der Waals surface area (Å²) >= 11 is 0. The molecule has 0 amide bonds. The summed E-state index contributed by atoms with van der Waals surface area (Å²) in [7, 11) is 0. The van der Waals surface area contributed by atoms with Crippen molar-refractivity contribution in [2.75, 3.05) is 0 Å². The predicted molar refractivity (Wildman–Crippen MR) is 233 cm³/mol. The van der Waals surface area contributed by atoms with E-state index in [4.69, 9.17) is 4.42 Å². The number of benzene rings is 9. The standard InChI is InChI=1S/C51H34O9/c1-51(2)31-15-6-5-13-29(31)37-28(14-8-16-32(37)51)24-10-7-11-25(21-24)35-39-41(45(54)49(58)47(56)43(39)52)36(42-40(35)44(53)48(57)50(59)46(42)55)26-18-19-33-30(22-26)38-27-12-4-3-9-23(27)17-20-34(38)60-33/h3-22,52-59H,1-2H3. The van der Waals surface area contributed by atoms with Gasteiger partial charge in [-0.1, -0.05) is 111 Å². The molecule has 0 bridgehead atoms. The van der Waals surface area contributed by atoms with Crippen LogP contribution in [-0.2, 0) is 5.41 Å². The Balaban J connectivity index is 1.28. The molecule has 0 saturated carbocycles. The van der Waals surface area contributed by atoms with E-state index in [9.17, 15) is 40.9 Å². The van der Waals surface area contributed by atoms with Crippen molar-refractivity contribution in [2.45, 2.75) is 19.3 Å². The zero-order valence-corrected chi connectivity index (χ0v) is 32.0. The maximum Gasteiger partial charge on any atom is 0.204 e. The number of phenolic OH excluding ortho intramolecular Hbond substituents is 8. The minimum absolute atomic E-state index is 0.0223. The third kappa shape index (κ3) is 4.45. The summed E-state index contributed by atoms with van der Waals surface area (Å²) in [6.07, 6.45) is 0. The van der Waals surface area contributed by atoms with Crippen molar-refractivity contribution in [3.8, 4) is 90.5 Å². The fourth-order valence-corrected chi connectivity index (χ4v) is 9.74. The van der Waals surface area contributed by atoms with Crippen molar-refractivity contribution in [1.29, 1.82) is 0 Å². The first kappa shape index (κ1) is 35.1. The summed E-state index contributed by atoms with van der Waals surface area (Å²) in [4.78, 5) is 0. The Bertz CT molecular complexity index is 3480. The van der Waals surface area contributed by atoms with Crippen molar-refractivity contribution in [1.82, 2.24) is 0 Å². The van der Waals surface area contributed by atoms with Gasteiger partial charge < -0.3 is 45.3 Å². The Kier molecular flexibility index (Phi) is 7.03. The highest BCUT2D eigenvalue weighted by Gasteiger charge is 2.37. The van der Waals surface area contributed by atoms with Crippen LogP contribution in [0.3, 0.4) is 0 Å². The highest BCUT2D eigenvalue weighted by Crippen LogP contribution is 2.62. The third-order valence-electron chi connectivity index (χ3n) is 12.5. The molecular formula is C51H34O9. The van der Waals surface area contributed by atoms with Crippen LogP contribution in [0.5, 0.6) is 46.0 Å². The zero-order chi connectivity index (χ0) is 41.5. The molecule has 10 aromatic rings. The molecule has 9 nitrogen and oxygen atoms in total. The van der Waals surface area contributed by atoms with Gasteiger partial charge in [0.15, 0.2) is 23.0 Å². The highest BCUT2D eigenvalue weighted by molar-refractivity contribution is 6.29. The normalized spacial score (nSPS) is 13.2. The molecule has 1 aromatic heterocycles. The smallest absolute Gasteiger partial charge is 0.204 e. The van der Waals surface area contributed by atoms with E-state index < -0.39 is 46.0 Å². The molecule has 1 heterocycles. The van der Waals surface area contributed by atoms with E-state index in [0.29, 0.717) is 27.7 Å². The van der Waals surface area contributed by atoms with E-state index in [1.807, 2.05) is 72.8 Å². The average Bonchev–Trinajstić information content (AvgIpc) is 3.76. The number of hydrogen-bond donors (Lipinski definition) is 8. The molecule has 9 heteroatoms. The number of rotatable bonds is 3. The molecule has 0 atom stereocenters. The lowest BCUT2D eigenvalue weighted by atomic mass is 9.81. The van der Waals surface area contributed by atoms with E-state index in [1.54, 1.807) is 30.3 Å². The van der Waals surface area contributed by atoms with Crippen molar-refractivity contribution in [2.24, 2.45) is 0 Å². The minimum Gasteiger partial charge on any atom is -0.504 e. The van der Waals surface area contributed by atoms with Crippen molar-refractivity contribution in [3.63, 3.8) is 0 Å².